The Balaban J connectivity index is 2.05. The van der Waals surface area contributed by atoms with E-state index in [1.165, 1.54) is 25.7 Å². The Kier molecular flexibility index (Phi) is 5.62. The smallest absolute Gasteiger partial charge is 0.0477 e. The largest absolute Gasteiger partial charge is 0.382 e. The number of ether oxygens (including phenoxy) is 1. The van der Waals surface area contributed by atoms with Crippen molar-refractivity contribution in [3.05, 3.63) is 0 Å². The third kappa shape index (κ3) is 5.53. The molecule has 0 aromatic carbocycles. The van der Waals surface area contributed by atoms with E-state index in [-0.39, 0.29) is 0 Å². The molecular formula is C13H27NO. The summed E-state index contributed by atoms with van der Waals surface area (Å²) in [5, 5.41) is 3.66. The predicted molar refractivity (Wildman–Crippen MR) is 65.1 cm³/mol. The summed E-state index contributed by atoms with van der Waals surface area (Å²) in [7, 11) is 0. The highest BCUT2D eigenvalue weighted by Gasteiger charge is 2.27. The third-order valence-electron chi connectivity index (χ3n) is 3.31. The molecule has 0 saturated heterocycles. The quantitative estimate of drug-likeness (QED) is 0.685. The zero-order valence-electron chi connectivity index (χ0n) is 10.6. The second kappa shape index (κ2) is 6.49. The minimum Gasteiger partial charge on any atom is -0.382 e. The van der Waals surface area contributed by atoms with E-state index in [2.05, 4.69) is 26.1 Å². The van der Waals surface area contributed by atoms with E-state index in [9.17, 15) is 0 Å². The number of hydrogen-bond acceptors (Lipinski definition) is 2. The summed E-state index contributed by atoms with van der Waals surface area (Å²) in [6, 6.07) is 0.746. The van der Waals surface area contributed by atoms with Gasteiger partial charge in [0.2, 0.25) is 0 Å². The van der Waals surface area contributed by atoms with Gasteiger partial charge in [0.15, 0.2) is 0 Å². The predicted octanol–water partition coefficient (Wildman–Crippen LogP) is 2.97. The van der Waals surface area contributed by atoms with Crippen LogP contribution in [0.15, 0.2) is 0 Å². The Bertz CT molecular complexity index is 168. The maximum absolute atomic E-state index is 5.32. The van der Waals surface area contributed by atoms with Crippen molar-refractivity contribution in [2.45, 2.75) is 58.9 Å². The van der Waals surface area contributed by atoms with Crippen LogP contribution in [-0.4, -0.2) is 25.8 Å². The fourth-order valence-electron chi connectivity index (χ4n) is 2.50. The van der Waals surface area contributed by atoms with Crippen molar-refractivity contribution in [3.63, 3.8) is 0 Å². The van der Waals surface area contributed by atoms with Crippen molar-refractivity contribution in [2.75, 3.05) is 19.8 Å². The summed E-state index contributed by atoms with van der Waals surface area (Å²) in [5.74, 6) is 0. The van der Waals surface area contributed by atoms with Crippen LogP contribution in [0.1, 0.15) is 52.9 Å². The van der Waals surface area contributed by atoms with Crippen LogP contribution in [0.2, 0.25) is 0 Å². The van der Waals surface area contributed by atoms with Gasteiger partial charge in [-0.2, -0.15) is 0 Å². The lowest BCUT2D eigenvalue weighted by atomic mass is 9.75. The molecule has 0 spiro atoms. The third-order valence-corrected chi connectivity index (χ3v) is 3.31. The highest BCUT2D eigenvalue weighted by molar-refractivity contribution is 4.83. The first-order chi connectivity index (χ1) is 7.14. The molecule has 1 saturated carbocycles. The molecule has 2 nitrogen and oxygen atoms in total. The lowest BCUT2D eigenvalue weighted by Gasteiger charge is -2.35. The highest BCUT2D eigenvalue weighted by Crippen LogP contribution is 2.34. The Morgan fingerprint density at radius 1 is 1.40 bits per heavy atom. The highest BCUT2D eigenvalue weighted by atomic mass is 16.5. The summed E-state index contributed by atoms with van der Waals surface area (Å²) in [6.07, 6.45) is 6.62. The summed E-state index contributed by atoms with van der Waals surface area (Å²) in [4.78, 5) is 0. The van der Waals surface area contributed by atoms with Gasteiger partial charge >= 0.3 is 0 Å². The minimum absolute atomic E-state index is 0.551. The number of hydrogen-bond donors (Lipinski definition) is 1. The number of nitrogens with one attached hydrogen (secondary N) is 1. The standard InChI is InChI=1S/C13H27NO/c1-4-15-10-6-9-14-12-7-5-8-13(2,3)11-12/h12,14H,4-11H2,1-3H3/t12-/m1/s1. The average molecular weight is 213 g/mol. The first-order valence-corrected chi connectivity index (χ1v) is 6.45. The van der Waals surface area contributed by atoms with Gasteiger partial charge in [0, 0.05) is 19.3 Å². The molecule has 90 valence electrons. The van der Waals surface area contributed by atoms with Crippen LogP contribution >= 0.6 is 0 Å². The summed E-state index contributed by atoms with van der Waals surface area (Å²) in [6.45, 7) is 9.69. The minimum atomic E-state index is 0.551. The van der Waals surface area contributed by atoms with Gasteiger partial charge in [-0.3, -0.25) is 0 Å². The van der Waals surface area contributed by atoms with Crippen molar-refractivity contribution < 1.29 is 4.74 Å². The fraction of sp³-hybridized carbons (Fsp3) is 1.00. The van der Waals surface area contributed by atoms with E-state index in [0.29, 0.717) is 5.41 Å². The van der Waals surface area contributed by atoms with Gasteiger partial charge in [-0.15, -0.1) is 0 Å². The summed E-state index contributed by atoms with van der Waals surface area (Å²) >= 11 is 0. The molecule has 2 heteroatoms. The normalized spacial score (nSPS) is 25.4. The zero-order valence-corrected chi connectivity index (χ0v) is 10.6. The van der Waals surface area contributed by atoms with Crippen molar-refractivity contribution >= 4 is 0 Å². The first-order valence-electron chi connectivity index (χ1n) is 6.45. The van der Waals surface area contributed by atoms with E-state index < -0.39 is 0 Å². The van der Waals surface area contributed by atoms with Crippen LogP contribution < -0.4 is 5.32 Å². The Morgan fingerprint density at radius 3 is 2.87 bits per heavy atom. The molecule has 0 amide bonds. The summed E-state index contributed by atoms with van der Waals surface area (Å²) in [5.41, 5.74) is 0.551. The van der Waals surface area contributed by atoms with Crippen LogP contribution in [-0.2, 0) is 4.74 Å². The van der Waals surface area contributed by atoms with Crippen LogP contribution in [0.5, 0.6) is 0 Å². The molecule has 0 aliphatic heterocycles. The lowest BCUT2D eigenvalue weighted by Crippen LogP contribution is -2.37. The molecule has 1 fully saturated rings. The van der Waals surface area contributed by atoms with E-state index in [1.54, 1.807) is 0 Å². The Labute approximate surface area is 94.8 Å². The van der Waals surface area contributed by atoms with Gasteiger partial charge in [-0.25, -0.2) is 0 Å². The molecular weight excluding hydrogens is 186 g/mol. The SMILES string of the molecule is CCOCCCN[C@@H]1CCCC(C)(C)C1. The molecule has 1 rings (SSSR count). The summed E-state index contributed by atoms with van der Waals surface area (Å²) < 4.78 is 5.32. The van der Waals surface area contributed by atoms with Crippen molar-refractivity contribution in [1.29, 1.82) is 0 Å². The molecule has 0 aromatic heterocycles. The van der Waals surface area contributed by atoms with Gasteiger partial charge in [-0.1, -0.05) is 20.3 Å². The molecule has 0 aromatic rings. The maximum Gasteiger partial charge on any atom is 0.0477 e. The van der Waals surface area contributed by atoms with Gasteiger partial charge in [-0.05, 0) is 44.6 Å². The molecule has 0 bridgehead atoms. The Morgan fingerprint density at radius 2 is 2.20 bits per heavy atom. The molecule has 15 heavy (non-hydrogen) atoms. The molecule has 0 radical (unpaired) electrons. The van der Waals surface area contributed by atoms with Gasteiger partial charge in [0.05, 0.1) is 0 Å². The Hall–Kier alpha value is -0.0800. The molecule has 1 N–H and O–H groups in total. The second-order valence-electron chi connectivity index (χ2n) is 5.46. The molecule has 0 unspecified atom stereocenters. The van der Waals surface area contributed by atoms with E-state index in [1.807, 2.05) is 0 Å². The molecule has 1 aliphatic rings. The zero-order chi connectivity index (χ0) is 11.1. The second-order valence-corrected chi connectivity index (χ2v) is 5.46. The molecule has 1 aliphatic carbocycles. The monoisotopic (exact) mass is 213 g/mol. The van der Waals surface area contributed by atoms with E-state index >= 15 is 0 Å². The van der Waals surface area contributed by atoms with Crippen LogP contribution in [0, 0.1) is 5.41 Å². The van der Waals surface area contributed by atoms with E-state index in [0.717, 1.165) is 32.2 Å². The fourth-order valence-corrected chi connectivity index (χ4v) is 2.50. The maximum atomic E-state index is 5.32. The lowest BCUT2D eigenvalue weighted by molar-refractivity contribution is 0.140. The van der Waals surface area contributed by atoms with Crippen LogP contribution in [0.25, 0.3) is 0 Å². The van der Waals surface area contributed by atoms with Gasteiger partial charge in [0.1, 0.15) is 0 Å². The van der Waals surface area contributed by atoms with E-state index in [4.69, 9.17) is 4.74 Å². The number of rotatable bonds is 6. The van der Waals surface area contributed by atoms with Crippen molar-refractivity contribution in [2.24, 2.45) is 5.41 Å². The van der Waals surface area contributed by atoms with Crippen molar-refractivity contribution in [3.8, 4) is 0 Å². The first kappa shape index (κ1) is 13.0. The van der Waals surface area contributed by atoms with Crippen LogP contribution in [0.4, 0.5) is 0 Å². The van der Waals surface area contributed by atoms with Crippen LogP contribution in [0.3, 0.4) is 0 Å². The average Bonchev–Trinajstić information content (AvgIpc) is 2.16. The molecule has 1 atom stereocenters. The molecule has 0 heterocycles. The van der Waals surface area contributed by atoms with Gasteiger partial charge < -0.3 is 10.1 Å². The topological polar surface area (TPSA) is 21.3 Å². The van der Waals surface area contributed by atoms with Gasteiger partial charge in [0.25, 0.3) is 0 Å². The van der Waals surface area contributed by atoms with Crippen molar-refractivity contribution in [1.82, 2.24) is 5.32 Å².